The van der Waals surface area contributed by atoms with E-state index in [1.807, 2.05) is 0 Å². The van der Waals surface area contributed by atoms with Gasteiger partial charge in [-0.15, -0.1) is 0 Å². The van der Waals surface area contributed by atoms with Crippen LogP contribution in [0.15, 0.2) is 54.6 Å². The quantitative estimate of drug-likeness (QED) is 0.527. The van der Waals surface area contributed by atoms with E-state index in [1.165, 1.54) is 12.1 Å². The smallest absolute Gasteiger partial charge is 0.256 e. The third-order valence-corrected chi connectivity index (χ3v) is 4.56. The molecule has 2 aromatic heterocycles. The van der Waals surface area contributed by atoms with Gasteiger partial charge >= 0.3 is 0 Å². The zero-order chi connectivity index (χ0) is 19.8. The van der Waals surface area contributed by atoms with Crippen molar-refractivity contribution in [1.29, 1.82) is 0 Å². The van der Waals surface area contributed by atoms with Crippen LogP contribution in [0.1, 0.15) is 21.7 Å². The van der Waals surface area contributed by atoms with Crippen molar-refractivity contribution in [3.63, 3.8) is 0 Å². The molecule has 2 heterocycles. The number of aryl methyl sites for hydroxylation is 2. The van der Waals surface area contributed by atoms with Gasteiger partial charge in [0.2, 0.25) is 0 Å². The summed E-state index contributed by atoms with van der Waals surface area (Å²) in [6, 6.07) is 14.7. The summed E-state index contributed by atoms with van der Waals surface area (Å²) >= 11 is 6.00. The maximum absolute atomic E-state index is 13.7. The Morgan fingerprint density at radius 3 is 2.64 bits per heavy atom. The zero-order valence-corrected chi connectivity index (χ0v) is 16.0. The number of rotatable bonds is 3. The molecule has 0 saturated heterocycles. The van der Waals surface area contributed by atoms with Crippen molar-refractivity contribution >= 4 is 34.2 Å². The van der Waals surface area contributed by atoms with Gasteiger partial charge in [0.1, 0.15) is 5.82 Å². The molecular formula is C21H16ClFN4O. The number of carbonyl (C=O) groups excluding carboxylic acids is 1. The number of benzene rings is 2. The summed E-state index contributed by atoms with van der Waals surface area (Å²) in [5, 5.41) is 8.50. The van der Waals surface area contributed by atoms with Gasteiger partial charge in [-0.25, -0.2) is 14.1 Å². The number of nitrogens with one attached hydrogen (secondary N) is 1. The average molecular weight is 395 g/mol. The van der Waals surface area contributed by atoms with Crippen molar-refractivity contribution in [2.24, 2.45) is 0 Å². The third kappa shape index (κ3) is 3.34. The van der Waals surface area contributed by atoms with Gasteiger partial charge in [-0.1, -0.05) is 23.7 Å². The molecule has 7 heteroatoms. The topological polar surface area (TPSA) is 59.8 Å². The van der Waals surface area contributed by atoms with E-state index in [1.54, 1.807) is 61.0 Å². The fourth-order valence-electron chi connectivity index (χ4n) is 3.15. The Bertz CT molecular complexity index is 1220. The average Bonchev–Trinajstić information content (AvgIpc) is 2.97. The molecule has 2 aromatic carbocycles. The molecule has 28 heavy (non-hydrogen) atoms. The predicted molar refractivity (Wildman–Crippen MR) is 108 cm³/mol. The number of hydrogen-bond acceptors (Lipinski definition) is 3. The molecule has 1 N–H and O–H groups in total. The van der Waals surface area contributed by atoms with Crippen molar-refractivity contribution in [2.45, 2.75) is 13.8 Å². The van der Waals surface area contributed by atoms with E-state index in [9.17, 15) is 9.18 Å². The second kappa shape index (κ2) is 7.05. The van der Waals surface area contributed by atoms with Gasteiger partial charge < -0.3 is 5.32 Å². The number of amides is 1. The third-order valence-electron chi connectivity index (χ3n) is 4.32. The fourth-order valence-corrected chi connectivity index (χ4v) is 3.34. The number of hydrogen-bond donors (Lipinski definition) is 1. The van der Waals surface area contributed by atoms with E-state index >= 15 is 0 Å². The summed E-state index contributed by atoms with van der Waals surface area (Å²) < 4.78 is 15.2. The lowest BCUT2D eigenvalue weighted by molar-refractivity contribution is 0.102. The summed E-state index contributed by atoms with van der Waals surface area (Å²) in [6.07, 6.45) is 0. The number of aromatic nitrogens is 3. The lowest BCUT2D eigenvalue weighted by Crippen LogP contribution is -2.13. The molecular weight excluding hydrogens is 379 g/mol. The lowest BCUT2D eigenvalue weighted by Gasteiger charge is -2.09. The molecule has 1 amide bonds. The Morgan fingerprint density at radius 2 is 1.89 bits per heavy atom. The second-order valence-corrected chi connectivity index (χ2v) is 6.89. The number of nitrogens with zero attached hydrogens (tertiary/aromatic N) is 3. The second-order valence-electron chi connectivity index (χ2n) is 6.45. The van der Waals surface area contributed by atoms with Crippen LogP contribution in [0, 0.1) is 19.7 Å². The Morgan fingerprint density at radius 1 is 1.11 bits per heavy atom. The van der Waals surface area contributed by atoms with Crippen LogP contribution in [0.5, 0.6) is 0 Å². The van der Waals surface area contributed by atoms with Gasteiger partial charge in [0.05, 0.1) is 22.3 Å². The van der Waals surface area contributed by atoms with Gasteiger partial charge in [-0.2, -0.15) is 5.10 Å². The Hall–Kier alpha value is -3.25. The number of fused-ring (bicyclic) bond motifs is 1. The van der Waals surface area contributed by atoms with Gasteiger partial charge in [0, 0.05) is 16.4 Å². The molecule has 140 valence electrons. The van der Waals surface area contributed by atoms with Gasteiger partial charge in [0.25, 0.3) is 5.91 Å². The standard InChI is InChI=1S/C21H16ClFN4O/c1-12-9-18(21(28)25-16-7-3-5-14(22)10-16)19-13(2)26-27(20(19)24-12)17-8-4-6-15(23)11-17/h3-11H,1-2H3,(H,25,28). The highest BCUT2D eigenvalue weighted by Crippen LogP contribution is 2.26. The van der Waals surface area contributed by atoms with Crippen molar-refractivity contribution in [3.8, 4) is 5.69 Å². The van der Waals surface area contributed by atoms with Crippen LogP contribution < -0.4 is 5.32 Å². The first kappa shape index (κ1) is 18.1. The molecule has 4 rings (SSSR count). The Balaban J connectivity index is 1.84. The van der Waals surface area contributed by atoms with Gasteiger partial charge in [-0.3, -0.25) is 4.79 Å². The van der Waals surface area contributed by atoms with Gasteiger partial charge in [0.15, 0.2) is 5.65 Å². The van der Waals surface area contributed by atoms with Gasteiger partial charge in [-0.05, 0) is 56.3 Å². The molecule has 0 saturated carbocycles. The van der Waals surface area contributed by atoms with Crippen LogP contribution in [-0.4, -0.2) is 20.7 Å². The molecule has 0 spiro atoms. The van der Waals surface area contributed by atoms with Crippen LogP contribution in [0.3, 0.4) is 0 Å². The molecule has 0 aliphatic rings. The first-order valence-corrected chi connectivity index (χ1v) is 9.00. The zero-order valence-electron chi connectivity index (χ0n) is 15.2. The highest BCUT2D eigenvalue weighted by Gasteiger charge is 2.20. The number of anilines is 1. The Labute approximate surface area is 165 Å². The molecule has 0 radical (unpaired) electrons. The number of halogens is 2. The van der Waals surface area contributed by atoms with Crippen LogP contribution in [0.2, 0.25) is 5.02 Å². The number of carbonyl (C=O) groups is 1. The van der Waals surface area contributed by atoms with E-state index in [0.717, 1.165) is 0 Å². The maximum Gasteiger partial charge on any atom is 0.256 e. The molecule has 4 aromatic rings. The van der Waals surface area contributed by atoms with Crippen LogP contribution in [0.4, 0.5) is 10.1 Å². The summed E-state index contributed by atoms with van der Waals surface area (Å²) in [5.74, 6) is -0.662. The van der Waals surface area contributed by atoms with E-state index in [2.05, 4.69) is 15.4 Å². The monoisotopic (exact) mass is 394 g/mol. The normalized spacial score (nSPS) is 11.0. The summed E-state index contributed by atoms with van der Waals surface area (Å²) in [5.41, 5.74) is 3.36. The lowest BCUT2D eigenvalue weighted by atomic mass is 10.1. The van der Waals surface area contributed by atoms with Crippen molar-refractivity contribution in [3.05, 3.63) is 82.4 Å². The van der Waals surface area contributed by atoms with Crippen molar-refractivity contribution in [2.75, 3.05) is 5.32 Å². The summed E-state index contributed by atoms with van der Waals surface area (Å²) in [4.78, 5) is 17.5. The summed E-state index contributed by atoms with van der Waals surface area (Å²) in [6.45, 7) is 3.60. The fraction of sp³-hybridized carbons (Fsp3) is 0.0952. The SMILES string of the molecule is Cc1cc(C(=O)Nc2cccc(Cl)c2)c2c(C)nn(-c3cccc(F)c3)c2n1. The van der Waals surface area contributed by atoms with E-state index in [0.29, 0.717) is 44.4 Å². The Kier molecular flexibility index (Phi) is 4.57. The molecule has 0 aliphatic heterocycles. The number of pyridine rings is 1. The first-order chi connectivity index (χ1) is 13.4. The van der Waals surface area contributed by atoms with E-state index < -0.39 is 0 Å². The minimum Gasteiger partial charge on any atom is -0.322 e. The highest BCUT2D eigenvalue weighted by atomic mass is 35.5. The van der Waals surface area contributed by atoms with E-state index in [-0.39, 0.29) is 11.7 Å². The molecule has 0 bridgehead atoms. The van der Waals surface area contributed by atoms with E-state index in [4.69, 9.17) is 11.6 Å². The highest BCUT2D eigenvalue weighted by molar-refractivity contribution is 6.31. The van der Waals surface area contributed by atoms with Crippen molar-refractivity contribution < 1.29 is 9.18 Å². The predicted octanol–water partition coefficient (Wildman–Crippen LogP) is 5.08. The molecule has 0 atom stereocenters. The minimum absolute atomic E-state index is 0.292. The van der Waals surface area contributed by atoms with Crippen LogP contribution >= 0.6 is 11.6 Å². The molecule has 0 fully saturated rings. The minimum atomic E-state index is -0.370. The first-order valence-electron chi connectivity index (χ1n) is 8.62. The van der Waals surface area contributed by atoms with Crippen LogP contribution in [-0.2, 0) is 0 Å². The molecule has 0 aliphatic carbocycles. The largest absolute Gasteiger partial charge is 0.322 e. The van der Waals surface area contributed by atoms with Crippen molar-refractivity contribution in [1.82, 2.24) is 14.8 Å². The molecule has 5 nitrogen and oxygen atoms in total. The summed E-state index contributed by atoms with van der Waals surface area (Å²) in [7, 11) is 0. The maximum atomic E-state index is 13.7. The molecule has 0 unspecified atom stereocenters. The van der Waals surface area contributed by atoms with Crippen LogP contribution in [0.25, 0.3) is 16.7 Å².